The maximum atomic E-state index is 13.6. The number of phenolic OH excluding ortho intramolecular Hbond substituents is 1. The van der Waals surface area contributed by atoms with Crippen LogP contribution in [0.1, 0.15) is 17.5 Å². The van der Waals surface area contributed by atoms with Gasteiger partial charge in [0.1, 0.15) is 11.3 Å². The van der Waals surface area contributed by atoms with E-state index >= 15 is 0 Å². The highest BCUT2D eigenvalue weighted by Crippen LogP contribution is 2.53. The molecule has 2 fully saturated rings. The Morgan fingerprint density at radius 3 is 2.56 bits per heavy atom. The summed E-state index contributed by atoms with van der Waals surface area (Å²) in [6.07, 6.45) is 0.989. The van der Waals surface area contributed by atoms with Crippen LogP contribution in [-0.4, -0.2) is 54.0 Å². The molecule has 2 aromatic carbocycles. The van der Waals surface area contributed by atoms with Crippen LogP contribution >= 0.6 is 0 Å². The van der Waals surface area contributed by atoms with E-state index in [0.29, 0.717) is 30.7 Å². The van der Waals surface area contributed by atoms with Crippen LogP contribution in [0.2, 0.25) is 0 Å². The van der Waals surface area contributed by atoms with Gasteiger partial charge in [-0.1, -0.05) is 30.3 Å². The quantitative estimate of drug-likeness (QED) is 0.468. The highest BCUT2D eigenvalue weighted by atomic mass is 16.5. The van der Waals surface area contributed by atoms with Gasteiger partial charge in [-0.05, 0) is 36.6 Å². The fourth-order valence-electron chi connectivity index (χ4n) is 5.47. The summed E-state index contributed by atoms with van der Waals surface area (Å²) in [6.45, 7) is 0.708. The third-order valence-corrected chi connectivity index (χ3v) is 6.84. The summed E-state index contributed by atoms with van der Waals surface area (Å²) in [5, 5.41) is 15.9. The SMILES string of the molecule is COCCCN1C(=O)[C@H]2[C@@H](C1=O)[C@@]1(N[C@@H]2Cc2ccc(O)cc2)C(=O)Nc2ccccc21. The molecular weight excluding hydrogens is 410 g/mol. The standard InChI is InChI=1S/C24H25N3O5/c1-32-12-4-11-27-21(29)19-18(13-14-7-9-15(28)10-8-14)26-24(20(19)22(27)30)16-5-2-3-6-17(16)25-23(24)31/h2-3,5-10,18-20,26,28H,4,11-13H2,1H3,(H,25,31)/t18-,19-,20+,24-/m1/s1. The van der Waals surface area contributed by atoms with E-state index in [4.69, 9.17) is 4.74 Å². The number of rotatable bonds is 6. The van der Waals surface area contributed by atoms with Crippen molar-refractivity contribution in [3.63, 3.8) is 0 Å². The Labute approximate surface area is 185 Å². The monoisotopic (exact) mass is 435 g/mol. The van der Waals surface area contributed by atoms with Crippen LogP contribution in [0.3, 0.4) is 0 Å². The molecule has 3 heterocycles. The molecule has 2 aromatic rings. The minimum Gasteiger partial charge on any atom is -0.508 e. The van der Waals surface area contributed by atoms with Crippen molar-refractivity contribution in [1.82, 2.24) is 10.2 Å². The molecule has 8 heteroatoms. The van der Waals surface area contributed by atoms with E-state index in [9.17, 15) is 19.5 Å². The van der Waals surface area contributed by atoms with Crippen molar-refractivity contribution in [2.75, 3.05) is 25.6 Å². The molecule has 5 rings (SSSR count). The number of likely N-dealkylation sites (tertiary alicyclic amines) is 1. The lowest BCUT2D eigenvalue weighted by Gasteiger charge is -2.29. The molecule has 4 atom stereocenters. The first-order valence-corrected chi connectivity index (χ1v) is 10.8. The zero-order valence-corrected chi connectivity index (χ0v) is 17.7. The van der Waals surface area contributed by atoms with Gasteiger partial charge in [0.25, 0.3) is 0 Å². The van der Waals surface area contributed by atoms with Crippen LogP contribution < -0.4 is 10.6 Å². The fourth-order valence-corrected chi connectivity index (χ4v) is 5.47. The number of nitrogens with zero attached hydrogens (tertiary/aromatic N) is 1. The molecule has 8 nitrogen and oxygen atoms in total. The van der Waals surface area contributed by atoms with E-state index in [1.165, 1.54) is 4.90 Å². The van der Waals surface area contributed by atoms with Crippen LogP contribution in [0.4, 0.5) is 5.69 Å². The normalized spacial score (nSPS) is 28.3. The number of hydrogen-bond acceptors (Lipinski definition) is 6. The number of benzene rings is 2. The number of fused-ring (bicyclic) bond motifs is 4. The number of nitrogens with one attached hydrogen (secondary N) is 2. The van der Waals surface area contributed by atoms with Gasteiger partial charge in [-0.3, -0.25) is 24.6 Å². The molecule has 3 aliphatic heterocycles. The van der Waals surface area contributed by atoms with Crippen LogP contribution in [0, 0.1) is 11.8 Å². The van der Waals surface area contributed by atoms with Crippen LogP contribution in [0.5, 0.6) is 5.75 Å². The van der Waals surface area contributed by atoms with Crippen molar-refractivity contribution in [3.05, 3.63) is 59.7 Å². The van der Waals surface area contributed by atoms with Crippen LogP contribution in [-0.2, 0) is 31.1 Å². The molecule has 0 saturated carbocycles. The molecule has 0 bridgehead atoms. The van der Waals surface area contributed by atoms with E-state index in [1.807, 2.05) is 24.3 Å². The average Bonchev–Trinajstić information content (AvgIpc) is 3.36. The molecule has 3 N–H and O–H groups in total. The second-order valence-corrected chi connectivity index (χ2v) is 8.61. The minimum atomic E-state index is -1.29. The molecule has 3 aliphatic rings. The zero-order chi connectivity index (χ0) is 22.5. The molecule has 0 radical (unpaired) electrons. The Balaban J connectivity index is 1.56. The summed E-state index contributed by atoms with van der Waals surface area (Å²) in [5.41, 5.74) is 0.979. The van der Waals surface area contributed by atoms with Crippen molar-refractivity contribution in [2.24, 2.45) is 11.8 Å². The number of phenols is 1. The first-order valence-electron chi connectivity index (χ1n) is 10.8. The summed E-state index contributed by atoms with van der Waals surface area (Å²) in [6, 6.07) is 13.7. The molecule has 0 aliphatic carbocycles. The highest BCUT2D eigenvalue weighted by molar-refractivity contribution is 6.15. The topological polar surface area (TPSA) is 108 Å². The number of methoxy groups -OCH3 is 1. The predicted molar refractivity (Wildman–Crippen MR) is 116 cm³/mol. The Hall–Kier alpha value is -3.23. The molecule has 0 aromatic heterocycles. The van der Waals surface area contributed by atoms with E-state index in [0.717, 1.165) is 5.56 Å². The third kappa shape index (κ3) is 2.94. The van der Waals surface area contributed by atoms with Gasteiger partial charge in [0.2, 0.25) is 17.7 Å². The van der Waals surface area contributed by atoms with Gasteiger partial charge >= 0.3 is 0 Å². The summed E-state index contributed by atoms with van der Waals surface area (Å²) < 4.78 is 5.09. The maximum absolute atomic E-state index is 13.6. The molecule has 2 saturated heterocycles. The lowest BCUT2D eigenvalue weighted by atomic mass is 9.76. The van der Waals surface area contributed by atoms with Crippen molar-refractivity contribution in [2.45, 2.75) is 24.4 Å². The molecule has 0 unspecified atom stereocenters. The summed E-state index contributed by atoms with van der Waals surface area (Å²) >= 11 is 0. The Kier molecular flexibility index (Phi) is 4.98. The number of carbonyl (C=O) groups is 3. The predicted octanol–water partition coefficient (Wildman–Crippen LogP) is 1.39. The number of imide groups is 1. The minimum absolute atomic E-state index is 0.156. The molecule has 1 spiro atoms. The van der Waals surface area contributed by atoms with Gasteiger partial charge in [0.05, 0.1) is 11.8 Å². The van der Waals surface area contributed by atoms with Crippen molar-refractivity contribution < 1.29 is 24.2 Å². The number of amides is 3. The summed E-state index contributed by atoms with van der Waals surface area (Å²) in [4.78, 5) is 41.7. The van der Waals surface area contributed by atoms with Crippen molar-refractivity contribution in [1.29, 1.82) is 0 Å². The molecule has 32 heavy (non-hydrogen) atoms. The van der Waals surface area contributed by atoms with Gasteiger partial charge < -0.3 is 15.2 Å². The second-order valence-electron chi connectivity index (χ2n) is 8.61. The molecule has 3 amide bonds. The number of carbonyl (C=O) groups excluding carboxylic acids is 3. The van der Waals surface area contributed by atoms with Gasteiger partial charge in [0.15, 0.2) is 0 Å². The van der Waals surface area contributed by atoms with Crippen molar-refractivity contribution >= 4 is 23.4 Å². The van der Waals surface area contributed by atoms with E-state index in [1.54, 1.807) is 31.4 Å². The number of anilines is 1. The Bertz CT molecular complexity index is 1090. The lowest BCUT2D eigenvalue weighted by molar-refractivity contribution is -0.143. The third-order valence-electron chi connectivity index (χ3n) is 6.84. The smallest absolute Gasteiger partial charge is 0.250 e. The van der Waals surface area contributed by atoms with Gasteiger partial charge in [-0.2, -0.15) is 0 Å². The Morgan fingerprint density at radius 1 is 1.06 bits per heavy atom. The largest absolute Gasteiger partial charge is 0.508 e. The molecular formula is C24H25N3O5. The average molecular weight is 435 g/mol. The first kappa shape index (κ1) is 20.7. The van der Waals surface area contributed by atoms with Crippen molar-refractivity contribution in [3.8, 4) is 5.75 Å². The van der Waals surface area contributed by atoms with E-state index in [2.05, 4.69) is 10.6 Å². The first-order chi connectivity index (χ1) is 15.5. The fraction of sp³-hybridized carbons (Fsp3) is 0.375. The van der Waals surface area contributed by atoms with Gasteiger partial charge in [-0.25, -0.2) is 0 Å². The van der Waals surface area contributed by atoms with E-state index < -0.39 is 23.4 Å². The maximum Gasteiger partial charge on any atom is 0.250 e. The number of hydrogen-bond donors (Lipinski definition) is 3. The van der Waals surface area contributed by atoms with Crippen LogP contribution in [0.25, 0.3) is 0 Å². The Morgan fingerprint density at radius 2 is 1.81 bits per heavy atom. The zero-order valence-electron chi connectivity index (χ0n) is 17.7. The second kappa shape index (κ2) is 7.72. The number of aromatic hydroxyl groups is 1. The summed E-state index contributed by atoms with van der Waals surface area (Å²) in [5.74, 6) is -2.19. The van der Waals surface area contributed by atoms with E-state index in [-0.39, 0.29) is 30.0 Å². The van der Waals surface area contributed by atoms with Gasteiger partial charge in [-0.15, -0.1) is 0 Å². The van der Waals surface area contributed by atoms with Crippen LogP contribution in [0.15, 0.2) is 48.5 Å². The summed E-state index contributed by atoms with van der Waals surface area (Å²) in [7, 11) is 1.58. The highest BCUT2D eigenvalue weighted by Gasteiger charge is 2.70. The molecule has 166 valence electrons. The number of para-hydroxylation sites is 1. The number of ether oxygens (including phenoxy) is 1. The lowest BCUT2D eigenvalue weighted by Crippen LogP contribution is -2.53. The van der Waals surface area contributed by atoms with Gasteiger partial charge in [0, 0.05) is 37.6 Å².